The van der Waals surface area contributed by atoms with Crippen LogP contribution in [0.15, 0.2) is 47.4 Å². The second-order valence-corrected chi connectivity index (χ2v) is 7.93. The topological polar surface area (TPSA) is 92.6 Å². The van der Waals surface area contributed by atoms with Crippen molar-refractivity contribution in [3.63, 3.8) is 0 Å². The highest BCUT2D eigenvalue weighted by Gasteiger charge is 2.25. The smallest absolute Gasteiger partial charge is 0.289 e. The number of aryl methyl sites for hydroxylation is 1. The molecule has 2 aromatic rings. The van der Waals surface area contributed by atoms with Gasteiger partial charge in [-0.1, -0.05) is 24.3 Å². The lowest BCUT2D eigenvalue weighted by molar-refractivity contribution is -0.387. The summed E-state index contributed by atoms with van der Waals surface area (Å²) in [5, 5.41) is 11.1. The molecule has 1 aliphatic rings. The fourth-order valence-electron chi connectivity index (χ4n) is 3.26. The van der Waals surface area contributed by atoms with Crippen LogP contribution >= 0.6 is 0 Å². The molecule has 0 aromatic heterocycles. The number of fused-ring (bicyclic) bond motifs is 1. The van der Waals surface area contributed by atoms with Crippen molar-refractivity contribution in [2.24, 2.45) is 0 Å². The standard InChI is InChI=1S/C18H21N3O4S/c1-2-20-11-5-6-15-12-14(9-10-16(15)20)13-19-26(24,25)18-8-4-3-7-17(18)21(22)23/h3-4,7-10,12,19H,2,5-6,11,13H2,1H3. The number of sulfonamides is 1. The average molecular weight is 375 g/mol. The second kappa shape index (κ2) is 7.43. The fourth-order valence-corrected chi connectivity index (χ4v) is 4.45. The van der Waals surface area contributed by atoms with Gasteiger partial charge in [-0.15, -0.1) is 0 Å². The van der Waals surface area contributed by atoms with Gasteiger partial charge in [0.15, 0.2) is 4.90 Å². The molecule has 0 unspecified atom stereocenters. The van der Waals surface area contributed by atoms with Gasteiger partial charge in [-0.2, -0.15) is 0 Å². The van der Waals surface area contributed by atoms with Crippen LogP contribution in [0, 0.1) is 10.1 Å². The Balaban J connectivity index is 1.80. The molecule has 3 rings (SSSR count). The summed E-state index contributed by atoms with van der Waals surface area (Å²) in [6.07, 6.45) is 2.04. The predicted octanol–water partition coefficient (Wildman–Crippen LogP) is 2.85. The molecular formula is C18H21N3O4S. The normalized spacial score (nSPS) is 14.1. The first-order chi connectivity index (χ1) is 12.4. The molecular weight excluding hydrogens is 354 g/mol. The minimum absolute atomic E-state index is 0.0911. The van der Waals surface area contributed by atoms with Gasteiger partial charge >= 0.3 is 0 Å². The van der Waals surface area contributed by atoms with E-state index in [4.69, 9.17) is 0 Å². The summed E-state index contributed by atoms with van der Waals surface area (Å²) in [5.41, 5.74) is 2.82. The Hall–Kier alpha value is -2.45. The maximum Gasteiger partial charge on any atom is 0.289 e. The van der Waals surface area contributed by atoms with E-state index < -0.39 is 20.6 Å². The Morgan fingerprint density at radius 2 is 2.00 bits per heavy atom. The zero-order valence-electron chi connectivity index (χ0n) is 14.5. The van der Waals surface area contributed by atoms with E-state index >= 15 is 0 Å². The maximum atomic E-state index is 12.5. The first kappa shape index (κ1) is 18.3. The molecule has 0 radical (unpaired) electrons. The van der Waals surface area contributed by atoms with Crippen molar-refractivity contribution in [3.8, 4) is 0 Å². The molecule has 1 N–H and O–H groups in total. The molecule has 0 atom stereocenters. The van der Waals surface area contributed by atoms with Gasteiger partial charge in [-0.25, -0.2) is 13.1 Å². The maximum absolute atomic E-state index is 12.5. The molecule has 0 saturated carbocycles. The molecule has 0 spiro atoms. The van der Waals surface area contributed by atoms with E-state index in [0.717, 1.165) is 31.5 Å². The van der Waals surface area contributed by atoms with Gasteiger partial charge in [-0.05, 0) is 43.0 Å². The highest BCUT2D eigenvalue weighted by molar-refractivity contribution is 7.89. The van der Waals surface area contributed by atoms with Crippen LogP contribution in [0.5, 0.6) is 0 Å². The summed E-state index contributed by atoms with van der Waals surface area (Å²) in [7, 11) is -3.97. The second-order valence-electron chi connectivity index (χ2n) is 6.20. The molecule has 0 fully saturated rings. The summed E-state index contributed by atoms with van der Waals surface area (Å²) < 4.78 is 27.5. The van der Waals surface area contributed by atoms with E-state index in [2.05, 4.69) is 16.5 Å². The van der Waals surface area contributed by atoms with Crippen molar-refractivity contribution in [1.29, 1.82) is 0 Å². The predicted molar refractivity (Wildman–Crippen MR) is 99.8 cm³/mol. The molecule has 0 amide bonds. The van der Waals surface area contributed by atoms with Crippen molar-refractivity contribution >= 4 is 21.4 Å². The number of nitrogens with zero attached hydrogens (tertiary/aromatic N) is 2. The Labute approximate surface area is 152 Å². The molecule has 8 heteroatoms. The van der Waals surface area contributed by atoms with Crippen LogP contribution in [0.25, 0.3) is 0 Å². The number of rotatable bonds is 6. The monoisotopic (exact) mass is 375 g/mol. The summed E-state index contributed by atoms with van der Waals surface area (Å²) in [6, 6.07) is 11.3. The Morgan fingerprint density at radius 1 is 1.23 bits per heavy atom. The fraction of sp³-hybridized carbons (Fsp3) is 0.333. The van der Waals surface area contributed by atoms with Crippen molar-refractivity contribution in [3.05, 3.63) is 63.7 Å². The minimum Gasteiger partial charge on any atom is -0.372 e. The van der Waals surface area contributed by atoms with Gasteiger partial charge in [0, 0.05) is 31.4 Å². The lowest BCUT2D eigenvalue weighted by atomic mass is 9.99. The van der Waals surface area contributed by atoms with E-state index in [9.17, 15) is 18.5 Å². The third-order valence-electron chi connectivity index (χ3n) is 4.56. The number of para-hydroxylation sites is 1. The number of hydrogen-bond acceptors (Lipinski definition) is 5. The van der Waals surface area contributed by atoms with Crippen LogP contribution in [0.4, 0.5) is 11.4 Å². The first-order valence-corrected chi connectivity index (χ1v) is 10.0. The number of nitro benzene ring substituents is 1. The summed E-state index contributed by atoms with van der Waals surface area (Å²) >= 11 is 0. The number of anilines is 1. The van der Waals surface area contributed by atoms with Crippen molar-refractivity contribution in [1.82, 2.24) is 4.72 Å². The summed E-state index contributed by atoms with van der Waals surface area (Å²) in [4.78, 5) is 12.4. The first-order valence-electron chi connectivity index (χ1n) is 8.52. The molecule has 1 aliphatic heterocycles. The largest absolute Gasteiger partial charge is 0.372 e. The van der Waals surface area contributed by atoms with E-state index in [1.807, 2.05) is 18.2 Å². The van der Waals surface area contributed by atoms with Gasteiger partial charge in [0.25, 0.3) is 5.69 Å². The van der Waals surface area contributed by atoms with Crippen LogP contribution in [0.2, 0.25) is 0 Å². The van der Waals surface area contributed by atoms with Gasteiger partial charge in [0.1, 0.15) is 0 Å². The molecule has 0 bridgehead atoms. The highest BCUT2D eigenvalue weighted by Crippen LogP contribution is 2.28. The lowest BCUT2D eigenvalue weighted by Gasteiger charge is -2.30. The van der Waals surface area contributed by atoms with Crippen LogP contribution in [-0.4, -0.2) is 26.4 Å². The third kappa shape index (κ3) is 3.71. The van der Waals surface area contributed by atoms with E-state index in [1.54, 1.807) is 0 Å². The van der Waals surface area contributed by atoms with E-state index in [-0.39, 0.29) is 11.4 Å². The van der Waals surface area contributed by atoms with Gasteiger partial charge < -0.3 is 4.90 Å². The van der Waals surface area contributed by atoms with Crippen LogP contribution in [0.3, 0.4) is 0 Å². The Kier molecular flexibility index (Phi) is 5.24. The molecule has 7 nitrogen and oxygen atoms in total. The van der Waals surface area contributed by atoms with Crippen LogP contribution < -0.4 is 9.62 Å². The summed E-state index contributed by atoms with van der Waals surface area (Å²) in [5.74, 6) is 0. The van der Waals surface area contributed by atoms with Gasteiger partial charge in [-0.3, -0.25) is 10.1 Å². The molecule has 0 aliphatic carbocycles. The number of benzene rings is 2. The van der Waals surface area contributed by atoms with Crippen LogP contribution in [0.1, 0.15) is 24.5 Å². The highest BCUT2D eigenvalue weighted by atomic mass is 32.2. The molecule has 138 valence electrons. The minimum atomic E-state index is -3.97. The van der Waals surface area contributed by atoms with Gasteiger partial charge in [0.2, 0.25) is 10.0 Å². The van der Waals surface area contributed by atoms with E-state index in [1.165, 1.54) is 35.5 Å². The van der Waals surface area contributed by atoms with Crippen molar-refractivity contribution in [2.45, 2.75) is 31.2 Å². The van der Waals surface area contributed by atoms with E-state index in [0.29, 0.717) is 0 Å². The Morgan fingerprint density at radius 3 is 2.73 bits per heavy atom. The lowest BCUT2D eigenvalue weighted by Crippen LogP contribution is -2.29. The zero-order chi connectivity index (χ0) is 18.7. The van der Waals surface area contributed by atoms with Crippen molar-refractivity contribution in [2.75, 3.05) is 18.0 Å². The zero-order valence-corrected chi connectivity index (χ0v) is 15.3. The average Bonchev–Trinajstić information content (AvgIpc) is 2.65. The molecule has 26 heavy (non-hydrogen) atoms. The quantitative estimate of drug-likeness (QED) is 0.619. The third-order valence-corrected chi connectivity index (χ3v) is 6.01. The van der Waals surface area contributed by atoms with Crippen LogP contribution in [-0.2, 0) is 23.0 Å². The molecule has 0 saturated heterocycles. The molecule has 2 aromatic carbocycles. The number of nitrogens with one attached hydrogen (secondary N) is 1. The Bertz CT molecular complexity index is 928. The number of hydrogen-bond donors (Lipinski definition) is 1. The summed E-state index contributed by atoms with van der Waals surface area (Å²) in [6.45, 7) is 4.18. The van der Waals surface area contributed by atoms with Crippen molar-refractivity contribution < 1.29 is 13.3 Å². The van der Waals surface area contributed by atoms with Gasteiger partial charge in [0.05, 0.1) is 4.92 Å². The SMILES string of the molecule is CCN1CCCc2cc(CNS(=O)(=O)c3ccccc3[N+](=O)[O-])ccc21. The molecule has 1 heterocycles. The number of nitro groups is 1.